The fraction of sp³-hybridized carbons (Fsp3) is 0.200. The van der Waals surface area contributed by atoms with Crippen LogP contribution in [0.25, 0.3) is 0 Å². The maximum absolute atomic E-state index is 8.75. The Kier molecular flexibility index (Phi) is 5.11. The third-order valence-electron chi connectivity index (χ3n) is 2.87. The molecule has 0 spiro atoms. The van der Waals surface area contributed by atoms with Gasteiger partial charge in [-0.2, -0.15) is 0 Å². The zero-order chi connectivity index (χ0) is 15.1. The second kappa shape index (κ2) is 7.25. The van der Waals surface area contributed by atoms with Crippen molar-refractivity contribution in [3.63, 3.8) is 0 Å². The number of hydrogen-bond donors (Lipinski definition) is 2. The van der Waals surface area contributed by atoms with E-state index in [9.17, 15) is 0 Å². The Labute approximate surface area is 122 Å². The molecule has 0 atom stereocenters. The van der Waals surface area contributed by atoms with E-state index in [-0.39, 0.29) is 5.84 Å². The predicted octanol–water partition coefficient (Wildman–Crippen LogP) is 2.16. The highest BCUT2D eigenvalue weighted by atomic mass is 16.5. The molecule has 0 aliphatic rings. The van der Waals surface area contributed by atoms with Crippen LogP contribution >= 0.6 is 0 Å². The van der Waals surface area contributed by atoms with Crippen molar-refractivity contribution in [2.75, 3.05) is 13.7 Å². The molecule has 0 saturated carbocycles. The number of pyridine rings is 1. The number of rotatable bonds is 6. The van der Waals surface area contributed by atoms with E-state index in [0.717, 1.165) is 12.0 Å². The Bertz CT molecular complexity index is 612. The molecule has 6 heteroatoms. The smallest absolute Gasteiger partial charge is 0.192 e. The SMILES string of the molecule is COCCc1ccc(Oc2cccnc2/C(N)=N/O)cc1. The summed E-state index contributed by atoms with van der Waals surface area (Å²) in [6.45, 7) is 0.677. The molecule has 21 heavy (non-hydrogen) atoms. The van der Waals surface area contributed by atoms with Gasteiger partial charge in [0, 0.05) is 13.3 Å². The van der Waals surface area contributed by atoms with Crippen molar-refractivity contribution >= 4 is 5.84 Å². The van der Waals surface area contributed by atoms with E-state index >= 15 is 0 Å². The van der Waals surface area contributed by atoms with Crippen LogP contribution in [0, 0.1) is 0 Å². The van der Waals surface area contributed by atoms with Crippen LogP contribution < -0.4 is 10.5 Å². The van der Waals surface area contributed by atoms with Crippen LogP contribution in [0.3, 0.4) is 0 Å². The Hall–Kier alpha value is -2.60. The summed E-state index contributed by atoms with van der Waals surface area (Å²) in [7, 11) is 1.68. The lowest BCUT2D eigenvalue weighted by molar-refractivity contribution is 0.202. The molecular weight excluding hydrogens is 270 g/mol. The van der Waals surface area contributed by atoms with Crippen LogP contribution in [-0.4, -0.2) is 29.7 Å². The Balaban J connectivity index is 2.15. The summed E-state index contributed by atoms with van der Waals surface area (Å²) in [6, 6.07) is 11.1. The van der Waals surface area contributed by atoms with E-state index in [1.165, 1.54) is 0 Å². The highest BCUT2D eigenvalue weighted by molar-refractivity contribution is 5.97. The molecule has 6 nitrogen and oxygen atoms in total. The Morgan fingerprint density at radius 2 is 2.05 bits per heavy atom. The normalized spacial score (nSPS) is 11.4. The third kappa shape index (κ3) is 3.93. The average Bonchev–Trinajstić information content (AvgIpc) is 2.54. The monoisotopic (exact) mass is 287 g/mol. The molecule has 2 rings (SSSR count). The standard InChI is InChI=1S/C15H17N3O3/c1-20-10-8-11-4-6-12(7-5-11)21-13-3-2-9-17-14(13)15(16)18-19/h2-7,9,19H,8,10H2,1H3,(H2,16,18). The fourth-order valence-corrected chi connectivity index (χ4v) is 1.78. The molecule has 110 valence electrons. The first-order valence-corrected chi connectivity index (χ1v) is 6.43. The Morgan fingerprint density at radius 1 is 1.29 bits per heavy atom. The summed E-state index contributed by atoms with van der Waals surface area (Å²) < 4.78 is 10.8. The molecule has 0 saturated heterocycles. The van der Waals surface area contributed by atoms with Gasteiger partial charge >= 0.3 is 0 Å². The molecule has 0 aliphatic carbocycles. The van der Waals surface area contributed by atoms with E-state index in [2.05, 4.69) is 10.1 Å². The van der Waals surface area contributed by atoms with E-state index in [0.29, 0.717) is 23.8 Å². The van der Waals surface area contributed by atoms with Crippen molar-refractivity contribution in [2.24, 2.45) is 10.9 Å². The molecule has 3 N–H and O–H groups in total. The van der Waals surface area contributed by atoms with Gasteiger partial charge < -0.3 is 20.4 Å². The van der Waals surface area contributed by atoms with Crippen molar-refractivity contribution < 1.29 is 14.7 Å². The summed E-state index contributed by atoms with van der Waals surface area (Å²) in [5, 5.41) is 11.7. The third-order valence-corrected chi connectivity index (χ3v) is 2.87. The zero-order valence-electron chi connectivity index (χ0n) is 11.7. The van der Waals surface area contributed by atoms with Gasteiger partial charge in [-0.1, -0.05) is 17.3 Å². The molecule has 0 amide bonds. The van der Waals surface area contributed by atoms with Gasteiger partial charge in [-0.3, -0.25) is 0 Å². The summed E-state index contributed by atoms with van der Waals surface area (Å²) in [4.78, 5) is 4.05. The molecule has 0 bridgehead atoms. The lowest BCUT2D eigenvalue weighted by Crippen LogP contribution is -2.15. The molecule has 0 unspecified atom stereocenters. The topological polar surface area (TPSA) is 90.0 Å². The number of ether oxygens (including phenoxy) is 2. The van der Waals surface area contributed by atoms with E-state index in [1.807, 2.05) is 24.3 Å². The molecule has 0 fully saturated rings. The quantitative estimate of drug-likeness (QED) is 0.368. The number of oxime groups is 1. The molecule has 0 radical (unpaired) electrons. The average molecular weight is 287 g/mol. The maximum Gasteiger partial charge on any atom is 0.192 e. The second-order valence-corrected chi connectivity index (χ2v) is 4.32. The molecule has 0 aliphatic heterocycles. The van der Waals surface area contributed by atoms with Crippen LogP contribution in [0.4, 0.5) is 0 Å². The van der Waals surface area contributed by atoms with Crippen LogP contribution in [0.1, 0.15) is 11.3 Å². The number of methoxy groups -OCH3 is 1. The van der Waals surface area contributed by atoms with Crippen molar-refractivity contribution in [2.45, 2.75) is 6.42 Å². The Morgan fingerprint density at radius 3 is 2.71 bits per heavy atom. The van der Waals surface area contributed by atoms with Gasteiger partial charge in [0.05, 0.1) is 6.61 Å². The minimum absolute atomic E-state index is 0.0951. The van der Waals surface area contributed by atoms with Gasteiger partial charge in [-0.05, 0) is 36.2 Å². The molecular formula is C15H17N3O3. The minimum Gasteiger partial charge on any atom is -0.455 e. The lowest BCUT2D eigenvalue weighted by atomic mass is 10.1. The van der Waals surface area contributed by atoms with Gasteiger partial charge in [0.1, 0.15) is 5.75 Å². The molecule has 1 aromatic carbocycles. The first-order chi connectivity index (χ1) is 10.2. The van der Waals surface area contributed by atoms with Gasteiger partial charge in [-0.25, -0.2) is 4.98 Å². The number of amidine groups is 1. The van der Waals surface area contributed by atoms with Crippen LogP contribution in [0.15, 0.2) is 47.8 Å². The first kappa shape index (κ1) is 14.8. The van der Waals surface area contributed by atoms with Crippen molar-refractivity contribution in [1.29, 1.82) is 0 Å². The van der Waals surface area contributed by atoms with E-state index in [4.69, 9.17) is 20.4 Å². The van der Waals surface area contributed by atoms with Crippen LogP contribution in [-0.2, 0) is 11.2 Å². The molecule has 1 heterocycles. The second-order valence-electron chi connectivity index (χ2n) is 4.32. The van der Waals surface area contributed by atoms with Gasteiger partial charge in [0.25, 0.3) is 0 Å². The highest BCUT2D eigenvalue weighted by Crippen LogP contribution is 2.24. The van der Waals surface area contributed by atoms with E-state index < -0.39 is 0 Å². The van der Waals surface area contributed by atoms with Gasteiger partial charge in [0.15, 0.2) is 17.3 Å². The summed E-state index contributed by atoms with van der Waals surface area (Å²) in [5.74, 6) is 0.982. The summed E-state index contributed by atoms with van der Waals surface area (Å²) in [6.07, 6.45) is 2.40. The number of benzene rings is 1. The number of aromatic nitrogens is 1. The zero-order valence-corrected chi connectivity index (χ0v) is 11.7. The number of nitrogens with zero attached hydrogens (tertiary/aromatic N) is 2. The fourth-order valence-electron chi connectivity index (χ4n) is 1.78. The van der Waals surface area contributed by atoms with Crippen LogP contribution in [0.5, 0.6) is 11.5 Å². The minimum atomic E-state index is -0.0951. The summed E-state index contributed by atoms with van der Waals surface area (Å²) in [5.41, 5.74) is 7.03. The first-order valence-electron chi connectivity index (χ1n) is 6.43. The lowest BCUT2D eigenvalue weighted by Gasteiger charge is -2.09. The van der Waals surface area contributed by atoms with E-state index in [1.54, 1.807) is 25.4 Å². The molecule has 1 aromatic heterocycles. The highest BCUT2D eigenvalue weighted by Gasteiger charge is 2.10. The van der Waals surface area contributed by atoms with Crippen molar-refractivity contribution in [1.82, 2.24) is 4.98 Å². The van der Waals surface area contributed by atoms with Crippen molar-refractivity contribution in [3.05, 3.63) is 53.9 Å². The van der Waals surface area contributed by atoms with Crippen molar-refractivity contribution in [3.8, 4) is 11.5 Å². The largest absolute Gasteiger partial charge is 0.455 e. The molecule has 2 aromatic rings. The van der Waals surface area contributed by atoms with Gasteiger partial charge in [-0.15, -0.1) is 0 Å². The maximum atomic E-state index is 8.75. The number of hydrogen-bond acceptors (Lipinski definition) is 5. The van der Waals surface area contributed by atoms with Crippen LogP contribution in [0.2, 0.25) is 0 Å². The predicted molar refractivity (Wildman–Crippen MR) is 78.8 cm³/mol. The summed E-state index contributed by atoms with van der Waals surface area (Å²) >= 11 is 0. The number of nitrogens with two attached hydrogens (primary N) is 1. The van der Waals surface area contributed by atoms with Gasteiger partial charge in [0.2, 0.25) is 0 Å².